The summed E-state index contributed by atoms with van der Waals surface area (Å²) in [4.78, 5) is 29.8. The summed E-state index contributed by atoms with van der Waals surface area (Å²) in [5.74, 6) is 1.12. The number of aromatic nitrogens is 3. The average Bonchev–Trinajstić information content (AvgIpc) is 2.78. The van der Waals surface area contributed by atoms with Crippen LogP contribution < -0.4 is 4.90 Å². The summed E-state index contributed by atoms with van der Waals surface area (Å²) < 4.78 is 0. The van der Waals surface area contributed by atoms with Gasteiger partial charge in [0.15, 0.2) is 5.65 Å². The summed E-state index contributed by atoms with van der Waals surface area (Å²) in [6, 6.07) is 3.94. The van der Waals surface area contributed by atoms with Crippen molar-refractivity contribution in [2.75, 3.05) is 31.1 Å². The second-order valence-corrected chi connectivity index (χ2v) is 6.95. The molecule has 3 heterocycles. The lowest BCUT2D eigenvalue weighted by atomic mass is 9.94. The maximum absolute atomic E-state index is 12.5. The van der Waals surface area contributed by atoms with Crippen molar-refractivity contribution in [3.8, 4) is 0 Å². The van der Waals surface area contributed by atoms with Crippen molar-refractivity contribution in [3.63, 3.8) is 0 Å². The first-order valence-corrected chi connectivity index (χ1v) is 8.07. The Labute approximate surface area is 136 Å². The molecule has 1 saturated heterocycles. The number of amides is 1. The van der Waals surface area contributed by atoms with E-state index in [1.165, 1.54) is 0 Å². The number of carbonyl (C=O) groups is 1. The Morgan fingerprint density at radius 2 is 1.83 bits per heavy atom. The molecule has 0 aliphatic carbocycles. The third kappa shape index (κ3) is 3.41. The van der Waals surface area contributed by atoms with E-state index in [4.69, 9.17) is 0 Å². The molecule has 1 aliphatic rings. The number of rotatable bonds is 1. The monoisotopic (exact) mass is 313 g/mol. The minimum atomic E-state index is -0.327. The summed E-state index contributed by atoms with van der Waals surface area (Å²) >= 11 is 0. The van der Waals surface area contributed by atoms with Gasteiger partial charge in [-0.05, 0) is 18.6 Å². The molecule has 0 atom stereocenters. The van der Waals surface area contributed by atoms with Gasteiger partial charge in [0.25, 0.3) is 0 Å². The molecule has 0 unspecified atom stereocenters. The molecule has 23 heavy (non-hydrogen) atoms. The van der Waals surface area contributed by atoms with E-state index in [-0.39, 0.29) is 11.3 Å². The maximum atomic E-state index is 12.5. The first-order chi connectivity index (χ1) is 10.9. The summed E-state index contributed by atoms with van der Waals surface area (Å²) in [7, 11) is 0. The Balaban J connectivity index is 1.75. The second kappa shape index (κ2) is 6.10. The third-order valence-electron chi connectivity index (χ3n) is 4.07. The lowest BCUT2D eigenvalue weighted by Gasteiger charge is -2.28. The zero-order valence-electron chi connectivity index (χ0n) is 14.0. The molecule has 0 spiro atoms. The molecule has 1 aliphatic heterocycles. The normalized spacial score (nSPS) is 16.5. The van der Waals surface area contributed by atoms with Gasteiger partial charge in [-0.3, -0.25) is 9.78 Å². The van der Waals surface area contributed by atoms with Gasteiger partial charge >= 0.3 is 0 Å². The lowest BCUT2D eigenvalue weighted by molar-refractivity contribution is -0.139. The lowest BCUT2D eigenvalue weighted by Crippen LogP contribution is -2.41. The number of hydrogen-bond acceptors (Lipinski definition) is 5. The highest BCUT2D eigenvalue weighted by molar-refractivity contribution is 5.81. The van der Waals surface area contributed by atoms with E-state index in [1.807, 2.05) is 37.8 Å². The van der Waals surface area contributed by atoms with Crippen molar-refractivity contribution < 1.29 is 4.79 Å². The molecule has 0 bridgehead atoms. The van der Waals surface area contributed by atoms with Gasteiger partial charge in [-0.15, -0.1) is 0 Å². The molecule has 1 fully saturated rings. The van der Waals surface area contributed by atoms with E-state index in [0.717, 1.165) is 43.9 Å². The number of carbonyl (C=O) groups excluding carboxylic acids is 1. The fourth-order valence-electron chi connectivity index (χ4n) is 2.84. The molecule has 2 aromatic heterocycles. The molecule has 0 saturated carbocycles. The largest absolute Gasteiger partial charge is 0.355 e. The number of anilines is 1. The third-order valence-corrected chi connectivity index (χ3v) is 4.07. The molecule has 1 amide bonds. The summed E-state index contributed by atoms with van der Waals surface area (Å²) in [5, 5.41) is 0. The highest BCUT2D eigenvalue weighted by Gasteiger charge is 2.28. The highest BCUT2D eigenvalue weighted by atomic mass is 16.2. The van der Waals surface area contributed by atoms with Gasteiger partial charge in [-0.1, -0.05) is 20.8 Å². The fourth-order valence-corrected chi connectivity index (χ4v) is 2.84. The molecule has 6 heteroatoms. The molecule has 0 N–H and O–H groups in total. The Hall–Kier alpha value is -2.24. The van der Waals surface area contributed by atoms with Gasteiger partial charge in [0, 0.05) is 44.0 Å². The predicted octanol–water partition coefficient (Wildman–Crippen LogP) is 2.11. The quantitative estimate of drug-likeness (QED) is 0.807. The standard InChI is InChI=1S/C17H23N5O/c1-17(2,3)16(23)22-10-4-9-21(11-12-22)14-6-5-13-15(20-14)19-8-7-18-13/h5-8H,4,9-12H2,1-3H3. The van der Waals surface area contributed by atoms with Crippen molar-refractivity contribution in [2.45, 2.75) is 27.2 Å². The molecule has 0 radical (unpaired) electrons. The van der Waals surface area contributed by atoms with Crippen molar-refractivity contribution in [3.05, 3.63) is 24.5 Å². The van der Waals surface area contributed by atoms with E-state index in [1.54, 1.807) is 12.4 Å². The number of nitrogens with zero attached hydrogens (tertiary/aromatic N) is 5. The summed E-state index contributed by atoms with van der Waals surface area (Å²) in [5.41, 5.74) is 1.14. The van der Waals surface area contributed by atoms with Crippen molar-refractivity contribution in [2.24, 2.45) is 5.41 Å². The SMILES string of the molecule is CC(C)(C)C(=O)N1CCCN(c2ccc3nccnc3n2)CC1. The Bertz CT molecular complexity index is 709. The average molecular weight is 313 g/mol. The number of pyridine rings is 1. The molecular weight excluding hydrogens is 290 g/mol. The van der Waals surface area contributed by atoms with Gasteiger partial charge in [-0.25, -0.2) is 9.97 Å². The first kappa shape index (κ1) is 15.6. The molecular formula is C17H23N5O. The van der Waals surface area contributed by atoms with Gasteiger partial charge < -0.3 is 9.80 Å². The van der Waals surface area contributed by atoms with Crippen molar-refractivity contribution in [1.82, 2.24) is 19.9 Å². The minimum absolute atomic E-state index is 0.219. The van der Waals surface area contributed by atoms with Gasteiger partial charge in [0.05, 0.1) is 0 Å². The van der Waals surface area contributed by atoms with Gasteiger partial charge in [0.1, 0.15) is 11.3 Å². The molecule has 0 aromatic carbocycles. The van der Waals surface area contributed by atoms with Gasteiger partial charge in [-0.2, -0.15) is 0 Å². The van der Waals surface area contributed by atoms with Crippen LogP contribution in [-0.2, 0) is 4.79 Å². The van der Waals surface area contributed by atoms with E-state index in [2.05, 4.69) is 19.9 Å². The molecule has 3 rings (SSSR count). The van der Waals surface area contributed by atoms with Crippen LogP contribution in [0.1, 0.15) is 27.2 Å². The van der Waals surface area contributed by atoms with Crippen molar-refractivity contribution >= 4 is 22.9 Å². The Kier molecular flexibility index (Phi) is 4.15. The van der Waals surface area contributed by atoms with Crippen LogP contribution >= 0.6 is 0 Å². The van der Waals surface area contributed by atoms with Crippen molar-refractivity contribution in [1.29, 1.82) is 0 Å². The van der Waals surface area contributed by atoms with E-state index in [9.17, 15) is 4.79 Å². The van der Waals surface area contributed by atoms with Crippen LogP contribution in [0, 0.1) is 5.41 Å². The zero-order chi connectivity index (χ0) is 16.4. The Morgan fingerprint density at radius 1 is 1.04 bits per heavy atom. The fraction of sp³-hybridized carbons (Fsp3) is 0.529. The van der Waals surface area contributed by atoms with Crippen LogP contribution in [0.15, 0.2) is 24.5 Å². The zero-order valence-corrected chi connectivity index (χ0v) is 14.0. The first-order valence-electron chi connectivity index (χ1n) is 8.07. The Morgan fingerprint density at radius 3 is 2.61 bits per heavy atom. The van der Waals surface area contributed by atoms with Crippen LogP contribution in [0.2, 0.25) is 0 Å². The van der Waals surface area contributed by atoms with E-state index < -0.39 is 0 Å². The van der Waals surface area contributed by atoms with Crippen LogP contribution in [-0.4, -0.2) is 51.9 Å². The predicted molar refractivity (Wildman–Crippen MR) is 90.2 cm³/mol. The topological polar surface area (TPSA) is 62.2 Å². The van der Waals surface area contributed by atoms with Crippen LogP contribution in [0.25, 0.3) is 11.2 Å². The van der Waals surface area contributed by atoms with Crippen LogP contribution in [0.4, 0.5) is 5.82 Å². The minimum Gasteiger partial charge on any atom is -0.355 e. The highest BCUT2D eigenvalue weighted by Crippen LogP contribution is 2.21. The van der Waals surface area contributed by atoms with Crippen LogP contribution in [0.5, 0.6) is 0 Å². The number of hydrogen-bond donors (Lipinski definition) is 0. The van der Waals surface area contributed by atoms with E-state index >= 15 is 0 Å². The molecule has 6 nitrogen and oxygen atoms in total. The number of fused-ring (bicyclic) bond motifs is 1. The maximum Gasteiger partial charge on any atom is 0.228 e. The van der Waals surface area contributed by atoms with Gasteiger partial charge in [0.2, 0.25) is 5.91 Å². The van der Waals surface area contributed by atoms with E-state index in [0.29, 0.717) is 5.65 Å². The molecule has 122 valence electrons. The smallest absolute Gasteiger partial charge is 0.228 e. The van der Waals surface area contributed by atoms with Crippen LogP contribution in [0.3, 0.4) is 0 Å². The molecule has 2 aromatic rings. The second-order valence-electron chi connectivity index (χ2n) is 6.95. The summed E-state index contributed by atoms with van der Waals surface area (Å²) in [6.07, 6.45) is 4.28. The summed E-state index contributed by atoms with van der Waals surface area (Å²) in [6.45, 7) is 9.15.